The smallest absolute Gasteiger partial charge is 0.275 e. The summed E-state index contributed by atoms with van der Waals surface area (Å²) >= 11 is 1.36. The molecule has 0 aliphatic carbocycles. The number of hydrogen-bond acceptors (Lipinski definition) is 7. The molecule has 124 valence electrons. The van der Waals surface area contributed by atoms with Crippen LogP contribution in [0.2, 0.25) is 0 Å². The van der Waals surface area contributed by atoms with Gasteiger partial charge < -0.3 is 15.0 Å². The van der Waals surface area contributed by atoms with Crippen molar-refractivity contribution in [1.82, 2.24) is 19.9 Å². The Balaban J connectivity index is 1.89. The lowest BCUT2D eigenvalue weighted by Gasteiger charge is -2.31. The Bertz CT molecular complexity index is 771. The summed E-state index contributed by atoms with van der Waals surface area (Å²) in [4.78, 5) is 30.9. The van der Waals surface area contributed by atoms with Gasteiger partial charge in [0.1, 0.15) is 0 Å². The van der Waals surface area contributed by atoms with Crippen LogP contribution in [0.15, 0.2) is 10.9 Å². The molecule has 1 saturated heterocycles. The molecule has 1 aliphatic rings. The number of ether oxygens (including phenoxy) is 1. The van der Waals surface area contributed by atoms with Crippen LogP contribution in [0.25, 0.3) is 4.96 Å². The average Bonchev–Trinajstić information content (AvgIpc) is 2.99. The molecular weight excluding hydrogens is 318 g/mol. The van der Waals surface area contributed by atoms with E-state index in [2.05, 4.69) is 15.4 Å². The molecule has 0 bridgehead atoms. The molecule has 0 spiro atoms. The molecule has 1 atom stereocenters. The van der Waals surface area contributed by atoms with E-state index in [-0.39, 0.29) is 11.5 Å². The highest BCUT2D eigenvalue weighted by atomic mass is 32.1. The molecule has 0 radical (unpaired) electrons. The number of nitrogens with zero attached hydrogens (tertiary/aromatic N) is 4. The summed E-state index contributed by atoms with van der Waals surface area (Å²) in [5, 5.41) is 7.63. The Morgan fingerprint density at radius 3 is 3.13 bits per heavy atom. The quantitative estimate of drug-likeness (QED) is 0.848. The molecule has 1 amide bonds. The molecule has 2 aromatic rings. The van der Waals surface area contributed by atoms with Crippen LogP contribution in [0.5, 0.6) is 0 Å². The van der Waals surface area contributed by atoms with E-state index in [1.54, 1.807) is 7.05 Å². The third-order valence-corrected chi connectivity index (χ3v) is 4.64. The third-order valence-electron chi connectivity index (χ3n) is 3.67. The van der Waals surface area contributed by atoms with E-state index < -0.39 is 6.10 Å². The second-order valence-corrected chi connectivity index (χ2v) is 6.27. The van der Waals surface area contributed by atoms with Crippen molar-refractivity contribution < 1.29 is 9.53 Å². The molecule has 3 rings (SSSR count). The highest BCUT2D eigenvalue weighted by Gasteiger charge is 2.28. The Morgan fingerprint density at radius 1 is 1.57 bits per heavy atom. The molecule has 1 fully saturated rings. The van der Waals surface area contributed by atoms with Crippen LogP contribution in [-0.2, 0) is 16.0 Å². The van der Waals surface area contributed by atoms with E-state index in [0.717, 1.165) is 18.5 Å². The largest absolute Gasteiger partial charge is 0.365 e. The first-order valence-electron chi connectivity index (χ1n) is 7.60. The number of likely N-dealkylation sites (N-methyl/N-ethyl adjacent to an activating group) is 1. The van der Waals surface area contributed by atoms with Crippen molar-refractivity contribution in [2.45, 2.75) is 25.9 Å². The predicted molar refractivity (Wildman–Crippen MR) is 87.1 cm³/mol. The van der Waals surface area contributed by atoms with Crippen LogP contribution in [0, 0.1) is 0 Å². The number of anilines is 1. The zero-order valence-electron chi connectivity index (χ0n) is 13.1. The lowest BCUT2D eigenvalue weighted by atomic mass is 10.2. The molecule has 1 unspecified atom stereocenters. The van der Waals surface area contributed by atoms with Gasteiger partial charge in [0, 0.05) is 25.4 Å². The van der Waals surface area contributed by atoms with Crippen LogP contribution < -0.4 is 15.8 Å². The van der Waals surface area contributed by atoms with Gasteiger partial charge in [0.05, 0.1) is 13.2 Å². The molecular formula is C14H19N5O3S. The molecule has 1 N–H and O–H groups in total. The highest BCUT2D eigenvalue weighted by molar-refractivity contribution is 7.20. The van der Waals surface area contributed by atoms with Gasteiger partial charge in [0.15, 0.2) is 6.10 Å². The molecule has 0 aromatic carbocycles. The number of aromatic nitrogens is 3. The van der Waals surface area contributed by atoms with Crippen LogP contribution in [0.4, 0.5) is 5.13 Å². The second kappa shape index (κ2) is 6.63. The van der Waals surface area contributed by atoms with E-state index in [0.29, 0.717) is 29.8 Å². The minimum atomic E-state index is -0.527. The maximum Gasteiger partial charge on any atom is 0.275 e. The molecule has 23 heavy (non-hydrogen) atoms. The predicted octanol–water partition coefficient (Wildman–Crippen LogP) is 0.0547. The minimum Gasteiger partial charge on any atom is -0.365 e. The van der Waals surface area contributed by atoms with Crippen molar-refractivity contribution in [2.75, 3.05) is 31.6 Å². The van der Waals surface area contributed by atoms with Gasteiger partial charge >= 0.3 is 0 Å². The number of rotatable bonds is 4. The zero-order valence-corrected chi connectivity index (χ0v) is 13.9. The van der Waals surface area contributed by atoms with Crippen molar-refractivity contribution in [2.24, 2.45) is 0 Å². The van der Waals surface area contributed by atoms with Crippen molar-refractivity contribution in [3.63, 3.8) is 0 Å². The second-order valence-electron chi connectivity index (χ2n) is 5.33. The molecule has 0 saturated carbocycles. The fourth-order valence-electron chi connectivity index (χ4n) is 2.50. The molecule has 2 aromatic heterocycles. The Morgan fingerprint density at radius 2 is 2.39 bits per heavy atom. The SMILES string of the molecule is CCCc1cc(=O)n2nc(N3CCOC(C(=O)NC)C3)sc2n1. The van der Waals surface area contributed by atoms with Gasteiger partial charge in [-0.3, -0.25) is 9.59 Å². The first-order chi connectivity index (χ1) is 11.1. The fourth-order valence-corrected chi connectivity index (χ4v) is 3.46. The van der Waals surface area contributed by atoms with Crippen LogP contribution in [0.1, 0.15) is 19.0 Å². The summed E-state index contributed by atoms with van der Waals surface area (Å²) in [5.74, 6) is -0.156. The average molecular weight is 337 g/mol. The lowest BCUT2D eigenvalue weighted by molar-refractivity contribution is -0.132. The van der Waals surface area contributed by atoms with E-state index >= 15 is 0 Å². The van der Waals surface area contributed by atoms with E-state index in [9.17, 15) is 9.59 Å². The van der Waals surface area contributed by atoms with Gasteiger partial charge in [0.2, 0.25) is 10.1 Å². The highest BCUT2D eigenvalue weighted by Crippen LogP contribution is 2.23. The Hall–Kier alpha value is -2.00. The summed E-state index contributed by atoms with van der Waals surface area (Å²) < 4.78 is 6.79. The number of carbonyl (C=O) groups is 1. The Labute approximate surface area is 137 Å². The van der Waals surface area contributed by atoms with Crippen LogP contribution in [-0.4, -0.2) is 53.4 Å². The number of amides is 1. The van der Waals surface area contributed by atoms with Gasteiger partial charge in [-0.25, -0.2) is 4.98 Å². The lowest BCUT2D eigenvalue weighted by Crippen LogP contribution is -2.49. The van der Waals surface area contributed by atoms with Gasteiger partial charge in [0.25, 0.3) is 11.5 Å². The summed E-state index contributed by atoms with van der Waals surface area (Å²) in [6.45, 7) is 3.53. The van der Waals surface area contributed by atoms with Crippen molar-refractivity contribution in [1.29, 1.82) is 0 Å². The third kappa shape index (κ3) is 3.20. The first-order valence-corrected chi connectivity index (χ1v) is 8.42. The van der Waals surface area contributed by atoms with E-state index in [1.165, 1.54) is 21.9 Å². The standard InChI is InChI=1S/C14H19N5O3S/c1-3-4-9-7-11(20)19-13(16-9)23-14(17-19)18-5-6-22-10(8-18)12(21)15-2/h7,10H,3-6,8H2,1-2H3,(H,15,21). The molecule has 8 nitrogen and oxygen atoms in total. The van der Waals surface area contributed by atoms with Crippen LogP contribution in [0.3, 0.4) is 0 Å². The fraction of sp³-hybridized carbons (Fsp3) is 0.571. The van der Waals surface area contributed by atoms with Crippen LogP contribution >= 0.6 is 11.3 Å². The molecule has 1 aliphatic heterocycles. The number of hydrogen-bond donors (Lipinski definition) is 1. The van der Waals surface area contributed by atoms with Crippen molar-refractivity contribution in [3.8, 4) is 0 Å². The maximum absolute atomic E-state index is 12.1. The van der Waals surface area contributed by atoms with Gasteiger partial charge in [-0.2, -0.15) is 4.52 Å². The van der Waals surface area contributed by atoms with E-state index in [4.69, 9.17) is 4.74 Å². The summed E-state index contributed by atoms with van der Waals surface area (Å²) in [5.41, 5.74) is 0.620. The number of carbonyl (C=O) groups excluding carboxylic acids is 1. The molecule has 3 heterocycles. The Kier molecular flexibility index (Phi) is 4.58. The number of morpholine rings is 1. The van der Waals surface area contributed by atoms with Crippen molar-refractivity contribution in [3.05, 3.63) is 22.1 Å². The van der Waals surface area contributed by atoms with Gasteiger partial charge in [-0.1, -0.05) is 24.7 Å². The van der Waals surface area contributed by atoms with E-state index in [1.807, 2.05) is 11.8 Å². The van der Waals surface area contributed by atoms with Gasteiger partial charge in [-0.05, 0) is 6.42 Å². The zero-order chi connectivity index (χ0) is 16.4. The topological polar surface area (TPSA) is 88.8 Å². The molecule has 9 heteroatoms. The summed E-state index contributed by atoms with van der Waals surface area (Å²) in [7, 11) is 1.58. The van der Waals surface area contributed by atoms with Crippen molar-refractivity contribution >= 4 is 27.3 Å². The minimum absolute atomic E-state index is 0.156. The number of nitrogens with one attached hydrogen (secondary N) is 1. The maximum atomic E-state index is 12.1. The first kappa shape index (κ1) is 15.9. The van der Waals surface area contributed by atoms with Gasteiger partial charge in [-0.15, -0.1) is 5.10 Å². The monoisotopic (exact) mass is 337 g/mol. The summed E-state index contributed by atoms with van der Waals surface area (Å²) in [6, 6.07) is 1.53. The number of aryl methyl sites for hydroxylation is 1. The number of fused-ring (bicyclic) bond motifs is 1. The normalized spacial score (nSPS) is 18.3. The summed E-state index contributed by atoms with van der Waals surface area (Å²) in [6.07, 6.45) is 1.18.